The first-order chi connectivity index (χ1) is 12.0. The van der Waals surface area contributed by atoms with Crippen LogP contribution in [0.25, 0.3) is 11.0 Å². The van der Waals surface area contributed by atoms with Gasteiger partial charge < -0.3 is 13.9 Å². The lowest BCUT2D eigenvalue weighted by Crippen LogP contribution is -2.06. The zero-order valence-corrected chi connectivity index (χ0v) is 13.6. The summed E-state index contributed by atoms with van der Waals surface area (Å²) < 4.78 is 29.6. The summed E-state index contributed by atoms with van der Waals surface area (Å²) in [6.45, 7) is 1.44. The fourth-order valence-electron chi connectivity index (χ4n) is 2.49. The Bertz CT molecular complexity index is 1000. The summed E-state index contributed by atoms with van der Waals surface area (Å²) in [6.07, 6.45) is 0. The average Bonchev–Trinajstić information content (AvgIpc) is 2.97. The standard InChI is InChI=1S/C19H14FNO4/c1-11-15-8-14(23-2)4-6-17(15)25-18(11)19(22)24-10-13-7-12(9-21)3-5-16(13)20/h3-8H,10H2,1-2H3. The SMILES string of the molecule is COc1ccc2oc(C(=O)OCc3cc(C#N)ccc3F)c(C)c2c1. The van der Waals surface area contributed by atoms with Gasteiger partial charge in [0, 0.05) is 16.5 Å². The van der Waals surface area contributed by atoms with E-state index in [4.69, 9.17) is 19.2 Å². The molecule has 5 nitrogen and oxygen atoms in total. The normalized spacial score (nSPS) is 10.5. The van der Waals surface area contributed by atoms with Gasteiger partial charge >= 0.3 is 5.97 Å². The van der Waals surface area contributed by atoms with E-state index in [1.165, 1.54) is 18.2 Å². The number of aryl methyl sites for hydroxylation is 1. The Morgan fingerprint density at radius 1 is 1.28 bits per heavy atom. The Balaban J connectivity index is 1.83. The maximum absolute atomic E-state index is 13.8. The van der Waals surface area contributed by atoms with Crippen LogP contribution in [0.5, 0.6) is 5.75 Å². The molecular weight excluding hydrogens is 325 g/mol. The fourth-order valence-corrected chi connectivity index (χ4v) is 2.49. The number of fused-ring (bicyclic) bond motifs is 1. The van der Waals surface area contributed by atoms with E-state index in [9.17, 15) is 9.18 Å². The van der Waals surface area contributed by atoms with Crippen molar-refractivity contribution < 1.29 is 23.1 Å². The van der Waals surface area contributed by atoms with Gasteiger partial charge in [-0.3, -0.25) is 0 Å². The third kappa shape index (κ3) is 3.17. The number of ether oxygens (including phenoxy) is 2. The highest BCUT2D eigenvalue weighted by atomic mass is 19.1. The molecule has 3 rings (SSSR count). The van der Waals surface area contributed by atoms with Crippen molar-refractivity contribution in [3.63, 3.8) is 0 Å². The molecule has 0 fully saturated rings. The Labute approximate surface area is 143 Å². The third-order valence-electron chi connectivity index (χ3n) is 3.86. The van der Waals surface area contributed by atoms with E-state index in [0.29, 0.717) is 22.5 Å². The van der Waals surface area contributed by atoms with Crippen LogP contribution in [0, 0.1) is 24.1 Å². The van der Waals surface area contributed by atoms with Crippen LogP contribution in [0.15, 0.2) is 40.8 Å². The van der Waals surface area contributed by atoms with Gasteiger partial charge in [0.2, 0.25) is 5.76 Å². The molecule has 0 aliphatic heterocycles. The van der Waals surface area contributed by atoms with Gasteiger partial charge in [0.25, 0.3) is 0 Å². The van der Waals surface area contributed by atoms with E-state index in [2.05, 4.69) is 0 Å². The molecule has 2 aromatic carbocycles. The van der Waals surface area contributed by atoms with Crippen molar-refractivity contribution in [1.29, 1.82) is 5.26 Å². The van der Waals surface area contributed by atoms with Gasteiger partial charge in [0.15, 0.2) is 0 Å². The van der Waals surface area contributed by atoms with Gasteiger partial charge in [-0.2, -0.15) is 5.26 Å². The fraction of sp³-hybridized carbons (Fsp3) is 0.158. The summed E-state index contributed by atoms with van der Waals surface area (Å²) in [7, 11) is 1.55. The quantitative estimate of drug-likeness (QED) is 0.669. The molecule has 3 aromatic rings. The number of rotatable bonds is 4. The maximum Gasteiger partial charge on any atom is 0.374 e. The lowest BCUT2D eigenvalue weighted by atomic mass is 10.1. The molecule has 6 heteroatoms. The van der Waals surface area contributed by atoms with Crippen LogP contribution in [0.3, 0.4) is 0 Å². The van der Waals surface area contributed by atoms with Crippen molar-refractivity contribution in [3.05, 3.63) is 64.7 Å². The molecule has 126 valence electrons. The smallest absolute Gasteiger partial charge is 0.374 e. The number of benzene rings is 2. The zero-order valence-electron chi connectivity index (χ0n) is 13.6. The van der Waals surface area contributed by atoms with Crippen LogP contribution in [0.4, 0.5) is 4.39 Å². The summed E-state index contributed by atoms with van der Waals surface area (Å²) in [4.78, 5) is 12.3. The molecule has 0 unspecified atom stereocenters. The monoisotopic (exact) mass is 339 g/mol. The van der Waals surface area contributed by atoms with E-state index in [0.717, 1.165) is 5.39 Å². The van der Waals surface area contributed by atoms with Crippen LogP contribution in [-0.4, -0.2) is 13.1 Å². The largest absolute Gasteiger partial charge is 0.497 e. The molecule has 0 saturated heterocycles. The molecular formula is C19H14FNO4. The van der Waals surface area contributed by atoms with Crippen LogP contribution in [0.2, 0.25) is 0 Å². The molecule has 1 heterocycles. The van der Waals surface area contributed by atoms with E-state index >= 15 is 0 Å². The van der Waals surface area contributed by atoms with E-state index < -0.39 is 11.8 Å². The molecule has 0 N–H and O–H groups in total. The number of hydrogen-bond acceptors (Lipinski definition) is 5. The van der Waals surface area contributed by atoms with E-state index in [1.54, 1.807) is 32.2 Å². The first-order valence-corrected chi connectivity index (χ1v) is 7.46. The van der Waals surface area contributed by atoms with Gasteiger partial charge in [-0.05, 0) is 43.3 Å². The number of hydrogen-bond donors (Lipinski definition) is 0. The van der Waals surface area contributed by atoms with Crippen molar-refractivity contribution in [2.45, 2.75) is 13.5 Å². The second-order valence-corrected chi connectivity index (χ2v) is 5.41. The van der Waals surface area contributed by atoms with Gasteiger partial charge in [-0.15, -0.1) is 0 Å². The van der Waals surface area contributed by atoms with Gasteiger partial charge in [-0.1, -0.05) is 0 Å². The van der Waals surface area contributed by atoms with Gasteiger partial charge in [-0.25, -0.2) is 9.18 Å². The highest BCUT2D eigenvalue weighted by Crippen LogP contribution is 2.29. The minimum atomic E-state index is -0.700. The van der Waals surface area contributed by atoms with Crippen molar-refractivity contribution in [3.8, 4) is 11.8 Å². The van der Waals surface area contributed by atoms with E-state index in [-0.39, 0.29) is 17.9 Å². The summed E-state index contributed by atoms with van der Waals surface area (Å²) in [5.74, 6) is -0.543. The van der Waals surface area contributed by atoms with Crippen molar-refractivity contribution >= 4 is 16.9 Å². The second kappa shape index (κ2) is 6.65. The number of halogens is 1. The second-order valence-electron chi connectivity index (χ2n) is 5.41. The molecule has 1 aromatic heterocycles. The number of carbonyl (C=O) groups is 1. The number of carbonyl (C=O) groups excluding carboxylic acids is 1. The van der Waals surface area contributed by atoms with Crippen molar-refractivity contribution in [2.24, 2.45) is 0 Å². The van der Waals surface area contributed by atoms with E-state index in [1.807, 2.05) is 6.07 Å². The van der Waals surface area contributed by atoms with Gasteiger partial charge in [0.1, 0.15) is 23.8 Å². The summed E-state index contributed by atoms with van der Waals surface area (Å²) in [5.41, 5.74) is 1.57. The molecule has 0 spiro atoms. The summed E-state index contributed by atoms with van der Waals surface area (Å²) in [6, 6.07) is 11.0. The predicted molar refractivity (Wildman–Crippen MR) is 87.7 cm³/mol. The first kappa shape index (κ1) is 16.5. The summed E-state index contributed by atoms with van der Waals surface area (Å²) in [5, 5.41) is 9.60. The Kier molecular flexibility index (Phi) is 4.40. The Morgan fingerprint density at radius 2 is 2.08 bits per heavy atom. The molecule has 0 atom stereocenters. The molecule has 0 bridgehead atoms. The number of nitrogens with zero attached hydrogens (tertiary/aromatic N) is 1. The molecule has 0 radical (unpaired) electrons. The lowest BCUT2D eigenvalue weighted by Gasteiger charge is -2.05. The third-order valence-corrected chi connectivity index (χ3v) is 3.86. The number of furan rings is 1. The Morgan fingerprint density at radius 3 is 2.80 bits per heavy atom. The molecule has 0 amide bonds. The summed E-state index contributed by atoms with van der Waals surface area (Å²) >= 11 is 0. The molecule has 0 saturated carbocycles. The number of methoxy groups -OCH3 is 1. The first-order valence-electron chi connectivity index (χ1n) is 7.46. The van der Waals surface area contributed by atoms with Crippen LogP contribution < -0.4 is 4.74 Å². The number of nitriles is 1. The average molecular weight is 339 g/mol. The highest BCUT2D eigenvalue weighted by Gasteiger charge is 2.20. The van der Waals surface area contributed by atoms with Crippen molar-refractivity contribution in [1.82, 2.24) is 0 Å². The van der Waals surface area contributed by atoms with Gasteiger partial charge in [0.05, 0.1) is 18.7 Å². The molecule has 0 aliphatic rings. The maximum atomic E-state index is 13.8. The number of esters is 1. The van der Waals surface area contributed by atoms with Crippen LogP contribution in [-0.2, 0) is 11.3 Å². The highest BCUT2D eigenvalue weighted by molar-refractivity contribution is 5.96. The van der Waals surface area contributed by atoms with Crippen molar-refractivity contribution in [2.75, 3.05) is 7.11 Å². The minimum Gasteiger partial charge on any atom is -0.497 e. The molecule has 25 heavy (non-hydrogen) atoms. The van der Waals surface area contributed by atoms with Crippen LogP contribution >= 0.6 is 0 Å². The lowest BCUT2D eigenvalue weighted by molar-refractivity contribution is 0.0434. The topological polar surface area (TPSA) is 72.5 Å². The zero-order chi connectivity index (χ0) is 18.0. The Hall–Kier alpha value is -3.33. The minimum absolute atomic E-state index is 0.0556. The molecule has 0 aliphatic carbocycles. The van der Waals surface area contributed by atoms with Crippen LogP contribution in [0.1, 0.15) is 27.2 Å². The predicted octanol–water partition coefficient (Wildman–Crippen LogP) is 4.12.